The Morgan fingerprint density at radius 1 is 1.50 bits per heavy atom. The van der Waals surface area contributed by atoms with Crippen LogP contribution >= 0.6 is 0 Å². The van der Waals surface area contributed by atoms with Gasteiger partial charge in [0.1, 0.15) is 0 Å². The molecule has 0 aliphatic heterocycles. The highest BCUT2D eigenvalue weighted by Gasteiger charge is 2.00. The minimum Gasteiger partial charge on any atom is -0.493 e. The average molecular weight is 166 g/mol. The van der Waals surface area contributed by atoms with E-state index in [0.717, 1.165) is 18.5 Å². The van der Waals surface area contributed by atoms with Crippen LogP contribution in [0.4, 0.5) is 0 Å². The van der Waals surface area contributed by atoms with Gasteiger partial charge in [0, 0.05) is 18.3 Å². The van der Waals surface area contributed by atoms with Crippen molar-refractivity contribution in [2.24, 2.45) is 0 Å². The number of hydrogen-bond acceptors (Lipinski definition) is 3. The first kappa shape index (κ1) is 9.00. The van der Waals surface area contributed by atoms with Gasteiger partial charge in [-0.15, -0.1) is 0 Å². The Kier molecular flexibility index (Phi) is 3.05. The van der Waals surface area contributed by atoms with E-state index in [4.69, 9.17) is 0 Å². The SMILES string of the molecule is CN(C)CCc1cccnc1O. The van der Waals surface area contributed by atoms with Crippen LogP contribution in [0.5, 0.6) is 5.88 Å². The third-order valence-electron chi connectivity index (χ3n) is 1.70. The molecular weight excluding hydrogens is 152 g/mol. The van der Waals surface area contributed by atoms with E-state index < -0.39 is 0 Å². The minimum atomic E-state index is 0.152. The fourth-order valence-corrected chi connectivity index (χ4v) is 0.969. The zero-order chi connectivity index (χ0) is 8.97. The normalized spacial score (nSPS) is 10.6. The average Bonchev–Trinajstić information content (AvgIpc) is 2.03. The van der Waals surface area contributed by atoms with Gasteiger partial charge in [-0.05, 0) is 26.6 Å². The first-order chi connectivity index (χ1) is 5.70. The molecular formula is C9H14N2O. The van der Waals surface area contributed by atoms with E-state index in [1.807, 2.05) is 26.2 Å². The largest absolute Gasteiger partial charge is 0.493 e. The Balaban J connectivity index is 2.57. The lowest BCUT2D eigenvalue weighted by Crippen LogP contribution is -2.15. The number of aromatic hydroxyl groups is 1. The van der Waals surface area contributed by atoms with E-state index >= 15 is 0 Å². The van der Waals surface area contributed by atoms with Crippen molar-refractivity contribution < 1.29 is 5.11 Å². The Hall–Kier alpha value is -1.09. The molecule has 1 aromatic heterocycles. The molecule has 0 bridgehead atoms. The molecule has 1 aromatic rings. The second kappa shape index (κ2) is 4.07. The minimum absolute atomic E-state index is 0.152. The predicted molar refractivity (Wildman–Crippen MR) is 48.2 cm³/mol. The van der Waals surface area contributed by atoms with Crippen molar-refractivity contribution in [1.82, 2.24) is 9.88 Å². The van der Waals surface area contributed by atoms with Crippen molar-refractivity contribution in [2.75, 3.05) is 20.6 Å². The van der Waals surface area contributed by atoms with Crippen molar-refractivity contribution >= 4 is 0 Å². The molecule has 0 fully saturated rings. The second-order valence-corrected chi connectivity index (χ2v) is 3.04. The molecule has 3 nitrogen and oxygen atoms in total. The first-order valence-electron chi connectivity index (χ1n) is 3.97. The van der Waals surface area contributed by atoms with Crippen LogP contribution in [0.1, 0.15) is 5.56 Å². The van der Waals surface area contributed by atoms with Crippen LogP contribution in [0.25, 0.3) is 0 Å². The highest BCUT2D eigenvalue weighted by molar-refractivity contribution is 5.23. The number of hydrogen-bond donors (Lipinski definition) is 1. The molecule has 12 heavy (non-hydrogen) atoms. The zero-order valence-electron chi connectivity index (χ0n) is 7.49. The molecule has 0 radical (unpaired) electrons. The van der Waals surface area contributed by atoms with Gasteiger partial charge in [-0.1, -0.05) is 6.07 Å². The summed E-state index contributed by atoms with van der Waals surface area (Å²) in [5, 5.41) is 9.29. The maximum absolute atomic E-state index is 9.29. The highest BCUT2D eigenvalue weighted by Crippen LogP contribution is 2.11. The van der Waals surface area contributed by atoms with Crippen molar-refractivity contribution in [3.8, 4) is 5.88 Å². The van der Waals surface area contributed by atoms with Gasteiger partial charge in [-0.3, -0.25) is 0 Å². The fraction of sp³-hybridized carbons (Fsp3) is 0.444. The maximum atomic E-state index is 9.29. The number of likely N-dealkylation sites (N-methyl/N-ethyl adjacent to an activating group) is 1. The molecule has 1 N–H and O–H groups in total. The molecule has 0 saturated heterocycles. The van der Waals surface area contributed by atoms with Crippen LogP contribution in [-0.4, -0.2) is 35.6 Å². The lowest BCUT2D eigenvalue weighted by atomic mass is 10.2. The lowest BCUT2D eigenvalue weighted by molar-refractivity contribution is 0.402. The van der Waals surface area contributed by atoms with E-state index in [9.17, 15) is 5.11 Å². The zero-order valence-corrected chi connectivity index (χ0v) is 7.49. The lowest BCUT2D eigenvalue weighted by Gasteiger charge is -2.09. The summed E-state index contributed by atoms with van der Waals surface area (Å²) in [7, 11) is 4.01. The van der Waals surface area contributed by atoms with Crippen LogP contribution in [0.3, 0.4) is 0 Å². The standard InChI is InChI=1S/C9H14N2O/c1-11(2)7-5-8-4-3-6-10-9(8)12/h3-4,6H,5,7H2,1-2H3,(H,10,12). The smallest absolute Gasteiger partial charge is 0.214 e. The maximum Gasteiger partial charge on any atom is 0.214 e. The number of aromatic nitrogens is 1. The molecule has 0 spiro atoms. The van der Waals surface area contributed by atoms with Crippen LogP contribution < -0.4 is 0 Å². The molecule has 66 valence electrons. The number of rotatable bonds is 3. The quantitative estimate of drug-likeness (QED) is 0.724. The summed E-state index contributed by atoms with van der Waals surface area (Å²) in [6.45, 7) is 0.930. The molecule has 0 unspecified atom stereocenters. The summed E-state index contributed by atoms with van der Waals surface area (Å²) in [4.78, 5) is 5.87. The van der Waals surface area contributed by atoms with Gasteiger partial charge in [0.25, 0.3) is 0 Å². The molecule has 0 amide bonds. The Bertz CT molecular complexity index is 248. The van der Waals surface area contributed by atoms with Gasteiger partial charge >= 0.3 is 0 Å². The predicted octanol–water partition coefficient (Wildman–Crippen LogP) is 0.891. The van der Waals surface area contributed by atoms with E-state index in [2.05, 4.69) is 9.88 Å². The Labute approximate surface area is 72.7 Å². The first-order valence-corrected chi connectivity index (χ1v) is 3.97. The van der Waals surface area contributed by atoms with Gasteiger partial charge in [-0.2, -0.15) is 0 Å². The summed E-state index contributed by atoms with van der Waals surface area (Å²) in [6.07, 6.45) is 2.43. The fourth-order valence-electron chi connectivity index (χ4n) is 0.969. The van der Waals surface area contributed by atoms with Gasteiger partial charge in [0.15, 0.2) is 0 Å². The molecule has 1 rings (SSSR count). The summed E-state index contributed by atoms with van der Waals surface area (Å²) in [5.74, 6) is 0.152. The summed E-state index contributed by atoms with van der Waals surface area (Å²) in [6, 6.07) is 3.73. The van der Waals surface area contributed by atoms with E-state index in [1.165, 1.54) is 0 Å². The van der Waals surface area contributed by atoms with Crippen molar-refractivity contribution in [3.05, 3.63) is 23.9 Å². The molecule has 1 heterocycles. The van der Waals surface area contributed by atoms with Gasteiger partial charge in [-0.25, -0.2) is 4.98 Å². The number of nitrogens with zero attached hydrogens (tertiary/aromatic N) is 2. The van der Waals surface area contributed by atoms with Crippen molar-refractivity contribution in [2.45, 2.75) is 6.42 Å². The molecule has 0 aromatic carbocycles. The van der Waals surface area contributed by atoms with Crippen molar-refractivity contribution in [3.63, 3.8) is 0 Å². The van der Waals surface area contributed by atoms with Crippen molar-refractivity contribution in [1.29, 1.82) is 0 Å². The third-order valence-corrected chi connectivity index (χ3v) is 1.70. The van der Waals surface area contributed by atoms with Gasteiger partial charge in [0.2, 0.25) is 5.88 Å². The molecule has 0 saturated carbocycles. The molecule has 0 atom stereocenters. The summed E-state index contributed by atoms with van der Waals surface area (Å²) in [5.41, 5.74) is 0.909. The molecule has 0 aliphatic carbocycles. The molecule has 3 heteroatoms. The third kappa shape index (κ3) is 2.51. The monoisotopic (exact) mass is 166 g/mol. The van der Waals surface area contributed by atoms with Gasteiger partial charge in [0.05, 0.1) is 0 Å². The van der Waals surface area contributed by atoms with Crippen LogP contribution in [0, 0.1) is 0 Å². The topological polar surface area (TPSA) is 36.4 Å². The Morgan fingerprint density at radius 3 is 2.83 bits per heavy atom. The Morgan fingerprint density at radius 2 is 2.25 bits per heavy atom. The van der Waals surface area contributed by atoms with Crippen LogP contribution in [0.2, 0.25) is 0 Å². The van der Waals surface area contributed by atoms with Crippen LogP contribution in [0.15, 0.2) is 18.3 Å². The van der Waals surface area contributed by atoms with E-state index in [-0.39, 0.29) is 5.88 Å². The second-order valence-electron chi connectivity index (χ2n) is 3.04. The van der Waals surface area contributed by atoms with Crippen LogP contribution in [-0.2, 0) is 6.42 Å². The number of pyridine rings is 1. The molecule has 0 aliphatic rings. The summed E-state index contributed by atoms with van der Waals surface area (Å²) < 4.78 is 0. The summed E-state index contributed by atoms with van der Waals surface area (Å²) >= 11 is 0. The van der Waals surface area contributed by atoms with E-state index in [1.54, 1.807) is 6.20 Å². The van der Waals surface area contributed by atoms with Gasteiger partial charge < -0.3 is 10.0 Å². The van der Waals surface area contributed by atoms with E-state index in [0.29, 0.717) is 0 Å². The highest BCUT2D eigenvalue weighted by atomic mass is 16.3.